The van der Waals surface area contributed by atoms with Gasteiger partial charge in [-0.25, -0.2) is 9.78 Å². The molecule has 1 atom stereocenters. The molecule has 1 aromatic heterocycles. The third-order valence-corrected chi connectivity index (χ3v) is 11.6. The summed E-state index contributed by atoms with van der Waals surface area (Å²) in [6.07, 6.45) is 4.44. The molecule has 1 aliphatic rings. The lowest BCUT2D eigenvalue weighted by Crippen LogP contribution is -2.23. The smallest absolute Gasteiger partial charge is 0.333 e. The number of hydrogen-bond donors (Lipinski definition) is 1. The molecule has 1 unspecified atom stereocenters. The lowest BCUT2D eigenvalue weighted by atomic mass is 9.73. The van der Waals surface area contributed by atoms with Gasteiger partial charge >= 0.3 is 5.97 Å². The Bertz CT molecular complexity index is 2220. The van der Waals surface area contributed by atoms with Crippen LogP contribution in [0.15, 0.2) is 121 Å². The number of carbonyl (C=O) groups excluding carboxylic acids is 1. The van der Waals surface area contributed by atoms with Gasteiger partial charge in [0.15, 0.2) is 0 Å². The number of aromatic nitrogens is 1. The van der Waals surface area contributed by atoms with Crippen LogP contribution in [-0.4, -0.2) is 23.7 Å². The SMILES string of the molecule is C=C(C)C(=O)OCCCC(CC)Oc1cccc(Nc2ccccc2-c2ccc3c(c2)C(CC)(CC)c2cc(-c4nc5ccccc5s4)ccc2-3)c1. The van der Waals surface area contributed by atoms with Gasteiger partial charge in [-0.1, -0.05) is 88.0 Å². The third-order valence-electron chi connectivity index (χ3n) is 10.5. The molecule has 0 aliphatic heterocycles. The van der Waals surface area contributed by atoms with Crippen molar-refractivity contribution in [2.45, 2.75) is 71.3 Å². The molecule has 52 heavy (non-hydrogen) atoms. The lowest BCUT2D eigenvalue weighted by molar-refractivity contribution is -0.139. The number of rotatable bonds is 14. The summed E-state index contributed by atoms with van der Waals surface area (Å²) < 4.78 is 12.9. The molecule has 0 saturated heterocycles. The van der Waals surface area contributed by atoms with Gasteiger partial charge in [0.2, 0.25) is 0 Å². The highest BCUT2D eigenvalue weighted by Gasteiger charge is 2.41. The summed E-state index contributed by atoms with van der Waals surface area (Å²) in [5.41, 5.74) is 12.4. The molecule has 0 fully saturated rings. The number of nitrogens with one attached hydrogen (secondary N) is 1. The predicted octanol–water partition coefficient (Wildman–Crippen LogP) is 12.5. The van der Waals surface area contributed by atoms with Crippen LogP contribution in [-0.2, 0) is 14.9 Å². The number of ether oxygens (including phenoxy) is 2. The molecule has 6 aromatic rings. The normalized spacial score (nSPS) is 13.3. The Kier molecular flexibility index (Phi) is 10.3. The number of thiazole rings is 1. The monoisotopic (exact) mass is 706 g/mol. The highest BCUT2D eigenvalue weighted by molar-refractivity contribution is 7.21. The van der Waals surface area contributed by atoms with Gasteiger partial charge in [-0.3, -0.25) is 0 Å². The Balaban J connectivity index is 1.13. The van der Waals surface area contributed by atoms with E-state index >= 15 is 0 Å². The Morgan fingerprint density at radius 3 is 2.27 bits per heavy atom. The minimum absolute atomic E-state index is 0.0243. The minimum atomic E-state index is -0.344. The van der Waals surface area contributed by atoms with Gasteiger partial charge in [0.05, 0.1) is 22.9 Å². The van der Waals surface area contributed by atoms with Crippen LogP contribution < -0.4 is 10.1 Å². The molecule has 6 heteroatoms. The zero-order valence-corrected chi connectivity index (χ0v) is 31.3. The van der Waals surface area contributed by atoms with Crippen molar-refractivity contribution < 1.29 is 14.3 Å². The minimum Gasteiger partial charge on any atom is -0.490 e. The van der Waals surface area contributed by atoms with Crippen LogP contribution in [0.3, 0.4) is 0 Å². The summed E-state index contributed by atoms with van der Waals surface area (Å²) in [5, 5.41) is 4.77. The molecule has 0 saturated carbocycles. The maximum absolute atomic E-state index is 11.7. The Labute approximate surface area is 311 Å². The van der Waals surface area contributed by atoms with Crippen molar-refractivity contribution in [1.82, 2.24) is 4.98 Å². The lowest BCUT2D eigenvalue weighted by Gasteiger charge is -2.30. The molecule has 264 valence electrons. The van der Waals surface area contributed by atoms with Crippen molar-refractivity contribution in [3.8, 4) is 38.6 Å². The van der Waals surface area contributed by atoms with E-state index in [1.54, 1.807) is 18.3 Å². The first-order valence-corrected chi connectivity index (χ1v) is 19.3. The number of para-hydroxylation sites is 2. The fourth-order valence-corrected chi connectivity index (χ4v) is 8.55. The van der Waals surface area contributed by atoms with Crippen LogP contribution >= 0.6 is 11.3 Å². The maximum atomic E-state index is 11.7. The van der Waals surface area contributed by atoms with E-state index < -0.39 is 0 Å². The van der Waals surface area contributed by atoms with Crippen LogP contribution in [0.2, 0.25) is 0 Å². The summed E-state index contributed by atoms with van der Waals surface area (Å²) in [5.74, 6) is 0.465. The summed E-state index contributed by atoms with van der Waals surface area (Å²) in [7, 11) is 0. The summed E-state index contributed by atoms with van der Waals surface area (Å²) in [6.45, 7) is 12.4. The van der Waals surface area contributed by atoms with Gasteiger partial charge in [-0.05, 0) is 109 Å². The van der Waals surface area contributed by atoms with E-state index in [0.717, 1.165) is 65.3 Å². The van der Waals surface area contributed by atoms with Crippen molar-refractivity contribution in [2.24, 2.45) is 0 Å². The second-order valence-corrected chi connectivity index (χ2v) is 14.7. The number of fused-ring (bicyclic) bond motifs is 4. The van der Waals surface area contributed by atoms with Crippen molar-refractivity contribution >= 4 is 38.9 Å². The predicted molar refractivity (Wildman–Crippen MR) is 217 cm³/mol. The Hall–Kier alpha value is -5.20. The zero-order chi connectivity index (χ0) is 36.2. The van der Waals surface area contributed by atoms with Gasteiger partial charge in [-0.2, -0.15) is 0 Å². The molecule has 1 aliphatic carbocycles. The van der Waals surface area contributed by atoms with E-state index in [0.29, 0.717) is 12.2 Å². The highest BCUT2D eigenvalue weighted by Crippen LogP contribution is 2.54. The average Bonchev–Trinajstić information content (AvgIpc) is 3.73. The van der Waals surface area contributed by atoms with E-state index in [1.807, 2.05) is 12.1 Å². The molecule has 5 aromatic carbocycles. The van der Waals surface area contributed by atoms with Crippen molar-refractivity contribution in [3.05, 3.63) is 132 Å². The van der Waals surface area contributed by atoms with Gasteiger partial charge < -0.3 is 14.8 Å². The fourth-order valence-electron chi connectivity index (χ4n) is 7.59. The fraction of sp³-hybridized carbons (Fsp3) is 0.261. The summed E-state index contributed by atoms with van der Waals surface area (Å²) in [6, 6.07) is 39.1. The van der Waals surface area contributed by atoms with Crippen LogP contribution in [0.1, 0.15) is 70.9 Å². The summed E-state index contributed by atoms with van der Waals surface area (Å²) in [4.78, 5) is 16.7. The number of anilines is 2. The van der Waals surface area contributed by atoms with E-state index in [9.17, 15) is 4.79 Å². The molecule has 0 amide bonds. The van der Waals surface area contributed by atoms with Crippen molar-refractivity contribution in [3.63, 3.8) is 0 Å². The third kappa shape index (κ3) is 6.88. The first kappa shape index (κ1) is 35.2. The van der Waals surface area contributed by atoms with E-state index in [4.69, 9.17) is 14.5 Å². The molecule has 0 radical (unpaired) electrons. The molecule has 1 N–H and O–H groups in total. The molecular weight excluding hydrogens is 661 g/mol. The summed E-state index contributed by atoms with van der Waals surface area (Å²) >= 11 is 1.76. The van der Waals surface area contributed by atoms with Crippen molar-refractivity contribution in [2.75, 3.05) is 11.9 Å². The second-order valence-electron chi connectivity index (χ2n) is 13.7. The van der Waals surface area contributed by atoms with Crippen LogP contribution in [0.4, 0.5) is 11.4 Å². The first-order valence-electron chi connectivity index (χ1n) is 18.4. The van der Waals surface area contributed by atoms with Crippen LogP contribution in [0.25, 0.3) is 43.0 Å². The van der Waals surface area contributed by atoms with Crippen LogP contribution in [0, 0.1) is 0 Å². The zero-order valence-electron chi connectivity index (χ0n) is 30.5. The highest BCUT2D eigenvalue weighted by atomic mass is 32.1. The molecule has 1 heterocycles. The molecule has 7 rings (SSSR count). The quantitative estimate of drug-likeness (QED) is 0.0694. The van der Waals surface area contributed by atoms with Gasteiger partial charge in [-0.15, -0.1) is 11.3 Å². The number of nitrogens with zero attached hydrogens (tertiary/aromatic N) is 1. The second kappa shape index (κ2) is 15.2. The van der Waals surface area contributed by atoms with Gasteiger partial charge in [0.25, 0.3) is 0 Å². The molecule has 5 nitrogen and oxygen atoms in total. The molecular formula is C46H46N2O3S. The maximum Gasteiger partial charge on any atom is 0.333 e. The topological polar surface area (TPSA) is 60.5 Å². The average molecular weight is 707 g/mol. The first-order chi connectivity index (χ1) is 25.3. The van der Waals surface area contributed by atoms with E-state index in [2.05, 4.69) is 130 Å². The van der Waals surface area contributed by atoms with Gasteiger partial charge in [0.1, 0.15) is 10.8 Å². The Morgan fingerprint density at radius 2 is 1.54 bits per heavy atom. The van der Waals surface area contributed by atoms with Crippen molar-refractivity contribution in [1.29, 1.82) is 0 Å². The van der Waals surface area contributed by atoms with E-state index in [1.165, 1.54) is 38.1 Å². The standard InChI is InChI=1S/C46H46N2O3S/c1-6-34(17-14-26-50-45(49)30(4)5)51-35-16-13-15-33(29-35)47-41-19-10-9-18-36(41)31-22-24-37-38-25-23-32(44-48-42-20-11-12-21-43(42)52-44)28-40(38)46(7-2,8-3)39(37)27-31/h9-13,15-16,18-25,27-29,34,47H,4,6-8,14,17,26H2,1-3,5H3. The number of carbonyl (C=O) groups is 1. The largest absolute Gasteiger partial charge is 0.490 e. The van der Waals surface area contributed by atoms with Crippen LogP contribution in [0.5, 0.6) is 5.75 Å². The number of hydrogen-bond acceptors (Lipinski definition) is 6. The number of benzene rings is 5. The Morgan fingerprint density at radius 1 is 0.827 bits per heavy atom. The molecule has 0 bridgehead atoms. The molecule has 0 spiro atoms. The van der Waals surface area contributed by atoms with Gasteiger partial charge in [0, 0.05) is 39.6 Å². The number of esters is 1. The van der Waals surface area contributed by atoms with E-state index in [-0.39, 0.29) is 17.5 Å².